The second kappa shape index (κ2) is 5.40. The highest BCUT2D eigenvalue weighted by Crippen LogP contribution is 2.17. The Morgan fingerprint density at radius 1 is 1.37 bits per heavy atom. The molecule has 1 heterocycles. The van der Waals surface area contributed by atoms with Gasteiger partial charge in [-0.1, -0.05) is 25.4 Å². The van der Waals surface area contributed by atoms with E-state index in [0.717, 1.165) is 5.69 Å². The van der Waals surface area contributed by atoms with Crippen LogP contribution >= 0.6 is 11.6 Å². The molecule has 0 fully saturated rings. The number of aliphatic carboxylic acids is 1. The molecule has 0 aliphatic heterocycles. The molecule has 0 bridgehead atoms. The van der Waals surface area contributed by atoms with Crippen molar-refractivity contribution in [3.63, 3.8) is 0 Å². The van der Waals surface area contributed by atoms with Crippen LogP contribution in [0.15, 0.2) is 24.3 Å². The molecule has 0 atom stereocenters. The van der Waals surface area contributed by atoms with Gasteiger partial charge < -0.3 is 5.11 Å². The van der Waals surface area contributed by atoms with Crippen LogP contribution in [0.1, 0.15) is 31.4 Å². The first-order valence-electron chi connectivity index (χ1n) is 5.91. The topological polar surface area (TPSA) is 68.0 Å². The summed E-state index contributed by atoms with van der Waals surface area (Å²) in [4.78, 5) is 15.2. The Morgan fingerprint density at radius 2 is 2.00 bits per heavy atom. The molecule has 100 valence electrons. The van der Waals surface area contributed by atoms with Crippen LogP contribution in [0.5, 0.6) is 0 Å². The molecule has 19 heavy (non-hydrogen) atoms. The number of rotatable bonds is 4. The number of carboxylic acid groups (broad SMARTS) is 1. The minimum Gasteiger partial charge on any atom is -0.481 e. The van der Waals surface area contributed by atoms with Gasteiger partial charge in [0.05, 0.1) is 5.69 Å². The normalized spacial score (nSPS) is 10.9. The van der Waals surface area contributed by atoms with Crippen LogP contribution in [-0.4, -0.2) is 25.8 Å². The second-order valence-corrected chi connectivity index (χ2v) is 4.94. The highest BCUT2D eigenvalue weighted by Gasteiger charge is 2.16. The molecule has 0 unspecified atom stereocenters. The van der Waals surface area contributed by atoms with Crippen LogP contribution in [-0.2, 0) is 11.2 Å². The fraction of sp³-hybridized carbons (Fsp3) is 0.308. The maximum Gasteiger partial charge on any atom is 0.311 e. The van der Waals surface area contributed by atoms with E-state index in [1.54, 1.807) is 28.9 Å². The summed E-state index contributed by atoms with van der Waals surface area (Å²) in [6, 6.07) is 7.04. The average Bonchev–Trinajstić information content (AvgIpc) is 2.73. The molecule has 1 N–H and O–H groups in total. The molecule has 0 radical (unpaired) electrons. The van der Waals surface area contributed by atoms with E-state index in [4.69, 9.17) is 16.7 Å². The first-order chi connectivity index (χ1) is 8.97. The molecule has 6 heteroatoms. The third-order valence-corrected chi connectivity index (χ3v) is 2.84. The highest BCUT2D eigenvalue weighted by molar-refractivity contribution is 6.30. The zero-order chi connectivity index (χ0) is 14.0. The maximum atomic E-state index is 10.9. The zero-order valence-electron chi connectivity index (χ0n) is 10.7. The fourth-order valence-electron chi connectivity index (χ4n) is 1.65. The summed E-state index contributed by atoms with van der Waals surface area (Å²) >= 11 is 5.84. The maximum absolute atomic E-state index is 10.9. The summed E-state index contributed by atoms with van der Waals surface area (Å²) in [7, 11) is 0. The molecule has 0 saturated carbocycles. The van der Waals surface area contributed by atoms with Gasteiger partial charge in [0.15, 0.2) is 5.82 Å². The van der Waals surface area contributed by atoms with Gasteiger partial charge in [-0.25, -0.2) is 9.67 Å². The van der Waals surface area contributed by atoms with Crippen LogP contribution in [0, 0.1) is 0 Å². The van der Waals surface area contributed by atoms with Gasteiger partial charge in [0.2, 0.25) is 0 Å². The predicted octanol–water partition coefficient (Wildman–Crippen LogP) is 2.67. The van der Waals surface area contributed by atoms with Crippen LogP contribution in [0.3, 0.4) is 0 Å². The highest BCUT2D eigenvalue weighted by atomic mass is 35.5. The monoisotopic (exact) mass is 279 g/mol. The van der Waals surface area contributed by atoms with E-state index in [1.165, 1.54) is 0 Å². The van der Waals surface area contributed by atoms with E-state index in [9.17, 15) is 4.79 Å². The number of hydrogen-bond acceptors (Lipinski definition) is 3. The third kappa shape index (κ3) is 3.12. The Labute approximate surface area is 115 Å². The predicted molar refractivity (Wildman–Crippen MR) is 71.8 cm³/mol. The van der Waals surface area contributed by atoms with Crippen LogP contribution in [0.2, 0.25) is 5.02 Å². The number of aromatic nitrogens is 3. The molecular formula is C13H14ClN3O2. The van der Waals surface area contributed by atoms with Crippen molar-refractivity contribution in [1.82, 2.24) is 14.8 Å². The molecule has 0 saturated heterocycles. The molecule has 2 aromatic rings. The molecule has 0 spiro atoms. The number of nitrogens with zero attached hydrogens (tertiary/aromatic N) is 3. The van der Waals surface area contributed by atoms with E-state index >= 15 is 0 Å². The summed E-state index contributed by atoms with van der Waals surface area (Å²) in [6.45, 7) is 3.93. The molecule has 1 aromatic carbocycles. The van der Waals surface area contributed by atoms with Crippen molar-refractivity contribution in [2.24, 2.45) is 0 Å². The number of hydrogen-bond donors (Lipinski definition) is 1. The van der Waals surface area contributed by atoms with E-state index in [0.29, 0.717) is 16.7 Å². The third-order valence-electron chi connectivity index (χ3n) is 2.59. The van der Waals surface area contributed by atoms with E-state index < -0.39 is 5.97 Å². The Morgan fingerprint density at radius 3 is 2.53 bits per heavy atom. The average molecular weight is 280 g/mol. The summed E-state index contributed by atoms with van der Waals surface area (Å²) < 4.78 is 1.56. The Bertz CT molecular complexity index is 590. The summed E-state index contributed by atoms with van der Waals surface area (Å²) in [5.41, 5.74) is 0.750. The molecule has 0 aliphatic rings. The second-order valence-electron chi connectivity index (χ2n) is 4.50. The van der Waals surface area contributed by atoms with Crippen molar-refractivity contribution in [3.05, 3.63) is 40.9 Å². The van der Waals surface area contributed by atoms with Crippen molar-refractivity contribution in [2.75, 3.05) is 0 Å². The Kier molecular flexibility index (Phi) is 3.85. The molecule has 0 aliphatic carbocycles. The number of carbonyl (C=O) groups is 1. The van der Waals surface area contributed by atoms with Gasteiger partial charge in [-0.2, -0.15) is 5.10 Å². The lowest BCUT2D eigenvalue weighted by Crippen LogP contribution is -2.08. The number of halogens is 1. The van der Waals surface area contributed by atoms with Crippen molar-refractivity contribution in [2.45, 2.75) is 26.2 Å². The van der Waals surface area contributed by atoms with Gasteiger partial charge in [-0.15, -0.1) is 0 Å². The lowest BCUT2D eigenvalue weighted by molar-refractivity contribution is -0.136. The zero-order valence-corrected chi connectivity index (χ0v) is 11.4. The van der Waals surface area contributed by atoms with Gasteiger partial charge in [0.1, 0.15) is 12.2 Å². The molecule has 1 aromatic heterocycles. The Hall–Kier alpha value is -1.88. The first kappa shape index (κ1) is 13.5. The SMILES string of the molecule is CC(C)c1nc(CC(=O)O)n(-c2ccc(Cl)cc2)n1. The van der Waals surface area contributed by atoms with Crippen molar-refractivity contribution < 1.29 is 9.90 Å². The lowest BCUT2D eigenvalue weighted by atomic mass is 10.2. The van der Waals surface area contributed by atoms with Crippen LogP contribution in [0.25, 0.3) is 5.69 Å². The summed E-state index contributed by atoms with van der Waals surface area (Å²) in [5.74, 6) is 0.253. The molecule has 0 amide bonds. The Balaban J connectivity index is 2.47. The largest absolute Gasteiger partial charge is 0.481 e. The van der Waals surface area contributed by atoms with E-state index in [-0.39, 0.29) is 12.3 Å². The molecular weight excluding hydrogens is 266 g/mol. The minimum absolute atomic E-state index is 0.140. The smallest absolute Gasteiger partial charge is 0.311 e. The van der Waals surface area contributed by atoms with E-state index in [2.05, 4.69) is 10.1 Å². The fourth-order valence-corrected chi connectivity index (χ4v) is 1.77. The standard InChI is InChI=1S/C13H14ClN3O2/c1-8(2)13-15-11(7-12(18)19)17(16-13)10-5-3-9(14)4-6-10/h3-6,8H,7H2,1-2H3,(H,18,19). The van der Waals surface area contributed by atoms with Crippen molar-refractivity contribution in [3.8, 4) is 5.69 Å². The van der Waals surface area contributed by atoms with Gasteiger partial charge in [0, 0.05) is 10.9 Å². The van der Waals surface area contributed by atoms with Crippen molar-refractivity contribution in [1.29, 1.82) is 0 Å². The minimum atomic E-state index is -0.932. The quantitative estimate of drug-likeness (QED) is 0.934. The van der Waals surface area contributed by atoms with Crippen LogP contribution in [0.4, 0.5) is 0 Å². The van der Waals surface area contributed by atoms with Crippen molar-refractivity contribution >= 4 is 17.6 Å². The molecule has 2 rings (SSSR count). The van der Waals surface area contributed by atoms with Gasteiger partial charge in [-0.3, -0.25) is 4.79 Å². The lowest BCUT2D eigenvalue weighted by Gasteiger charge is -2.04. The van der Waals surface area contributed by atoms with Gasteiger partial charge in [-0.05, 0) is 24.3 Å². The number of carboxylic acids is 1. The first-order valence-corrected chi connectivity index (χ1v) is 6.28. The van der Waals surface area contributed by atoms with Crippen LogP contribution < -0.4 is 0 Å². The summed E-state index contributed by atoms with van der Waals surface area (Å²) in [5, 5.41) is 13.9. The molecule has 5 nitrogen and oxygen atoms in total. The number of benzene rings is 1. The van der Waals surface area contributed by atoms with Gasteiger partial charge >= 0.3 is 5.97 Å². The van der Waals surface area contributed by atoms with Gasteiger partial charge in [0.25, 0.3) is 0 Å². The van der Waals surface area contributed by atoms with E-state index in [1.807, 2.05) is 13.8 Å². The summed E-state index contributed by atoms with van der Waals surface area (Å²) in [6.07, 6.45) is -0.164.